The third-order valence-corrected chi connectivity index (χ3v) is 2.21. The Morgan fingerprint density at radius 3 is 2.94 bits per heavy atom. The summed E-state index contributed by atoms with van der Waals surface area (Å²) in [6.07, 6.45) is 4.95. The molecule has 2 aromatic rings. The van der Waals surface area contributed by atoms with Crippen LogP contribution >= 0.6 is 0 Å². The van der Waals surface area contributed by atoms with E-state index in [9.17, 15) is 4.79 Å². The average molecular weight is 235 g/mol. The number of hydrogen-bond donors (Lipinski definition) is 1. The SMILES string of the molecule is CCOC(=O)c1nn(-c2nccn2C)cc1N. The Kier molecular flexibility index (Phi) is 2.82. The maximum Gasteiger partial charge on any atom is 0.361 e. The van der Waals surface area contributed by atoms with Crippen LogP contribution in [0.4, 0.5) is 5.69 Å². The molecule has 0 unspecified atom stereocenters. The maximum absolute atomic E-state index is 11.5. The molecule has 0 aliphatic heterocycles. The van der Waals surface area contributed by atoms with Gasteiger partial charge in [-0.2, -0.15) is 5.10 Å². The lowest BCUT2D eigenvalue weighted by Crippen LogP contribution is -2.09. The summed E-state index contributed by atoms with van der Waals surface area (Å²) in [6.45, 7) is 2.01. The van der Waals surface area contributed by atoms with Gasteiger partial charge in [0, 0.05) is 19.4 Å². The van der Waals surface area contributed by atoms with Crippen LogP contribution in [0.3, 0.4) is 0 Å². The van der Waals surface area contributed by atoms with E-state index in [1.165, 1.54) is 10.9 Å². The van der Waals surface area contributed by atoms with Crippen LogP contribution in [0, 0.1) is 0 Å². The molecule has 90 valence electrons. The number of ether oxygens (including phenoxy) is 1. The van der Waals surface area contributed by atoms with E-state index >= 15 is 0 Å². The van der Waals surface area contributed by atoms with Crippen molar-refractivity contribution in [1.82, 2.24) is 19.3 Å². The van der Waals surface area contributed by atoms with Gasteiger partial charge in [0.25, 0.3) is 0 Å². The van der Waals surface area contributed by atoms with Crippen molar-refractivity contribution in [3.8, 4) is 5.95 Å². The number of aromatic nitrogens is 4. The van der Waals surface area contributed by atoms with Gasteiger partial charge in [0.05, 0.1) is 18.5 Å². The molecule has 0 aliphatic carbocycles. The van der Waals surface area contributed by atoms with Crippen LogP contribution in [0.1, 0.15) is 17.4 Å². The van der Waals surface area contributed by atoms with E-state index in [2.05, 4.69) is 10.1 Å². The molecule has 17 heavy (non-hydrogen) atoms. The molecule has 7 heteroatoms. The van der Waals surface area contributed by atoms with E-state index in [1.54, 1.807) is 23.9 Å². The van der Waals surface area contributed by atoms with Crippen LogP contribution in [0.25, 0.3) is 5.95 Å². The Labute approximate surface area is 97.8 Å². The number of nitrogens with zero attached hydrogens (tertiary/aromatic N) is 4. The highest BCUT2D eigenvalue weighted by molar-refractivity contribution is 5.92. The van der Waals surface area contributed by atoms with E-state index in [0.717, 1.165) is 0 Å². The second kappa shape index (κ2) is 4.28. The van der Waals surface area contributed by atoms with E-state index in [4.69, 9.17) is 10.5 Å². The first kappa shape index (κ1) is 11.2. The zero-order valence-corrected chi connectivity index (χ0v) is 9.62. The van der Waals surface area contributed by atoms with Gasteiger partial charge in [-0.3, -0.25) is 0 Å². The fourth-order valence-corrected chi connectivity index (χ4v) is 1.43. The van der Waals surface area contributed by atoms with Crippen LogP contribution in [-0.4, -0.2) is 31.9 Å². The summed E-state index contributed by atoms with van der Waals surface area (Å²) in [5, 5.41) is 4.07. The van der Waals surface area contributed by atoms with Gasteiger partial charge >= 0.3 is 5.97 Å². The molecule has 0 radical (unpaired) electrons. The first-order valence-corrected chi connectivity index (χ1v) is 5.13. The second-order valence-electron chi connectivity index (χ2n) is 3.44. The van der Waals surface area contributed by atoms with Gasteiger partial charge in [-0.05, 0) is 6.92 Å². The monoisotopic (exact) mass is 235 g/mol. The van der Waals surface area contributed by atoms with Crippen molar-refractivity contribution in [1.29, 1.82) is 0 Å². The molecule has 0 amide bonds. The highest BCUT2D eigenvalue weighted by atomic mass is 16.5. The van der Waals surface area contributed by atoms with Crippen LogP contribution in [0.15, 0.2) is 18.6 Å². The number of nitrogens with two attached hydrogens (primary N) is 1. The summed E-state index contributed by atoms with van der Waals surface area (Å²) in [7, 11) is 1.82. The minimum Gasteiger partial charge on any atom is -0.461 e. The normalized spacial score (nSPS) is 10.5. The van der Waals surface area contributed by atoms with Crippen molar-refractivity contribution in [2.75, 3.05) is 12.3 Å². The molecule has 0 bridgehead atoms. The van der Waals surface area contributed by atoms with Crippen LogP contribution in [-0.2, 0) is 11.8 Å². The lowest BCUT2D eigenvalue weighted by Gasteiger charge is -2.00. The molecule has 7 nitrogen and oxygen atoms in total. The molecule has 0 aromatic carbocycles. The molecule has 0 saturated carbocycles. The van der Waals surface area contributed by atoms with Crippen LogP contribution in [0.5, 0.6) is 0 Å². The molecular formula is C10H13N5O2. The summed E-state index contributed by atoms with van der Waals surface area (Å²) in [6, 6.07) is 0. The largest absolute Gasteiger partial charge is 0.461 e. The number of anilines is 1. The average Bonchev–Trinajstić information content (AvgIpc) is 2.84. The van der Waals surface area contributed by atoms with Gasteiger partial charge in [-0.15, -0.1) is 0 Å². The molecular weight excluding hydrogens is 222 g/mol. The standard InChI is InChI=1S/C10H13N5O2/c1-3-17-9(16)8-7(11)6-15(13-8)10-12-4-5-14(10)2/h4-6H,3,11H2,1-2H3. The molecule has 2 N–H and O–H groups in total. The van der Waals surface area contributed by atoms with Gasteiger partial charge in [0.1, 0.15) is 0 Å². The Hall–Kier alpha value is -2.31. The highest BCUT2D eigenvalue weighted by Gasteiger charge is 2.17. The second-order valence-corrected chi connectivity index (χ2v) is 3.44. The number of imidazole rings is 1. The number of esters is 1. The Morgan fingerprint density at radius 2 is 2.35 bits per heavy atom. The van der Waals surface area contributed by atoms with E-state index in [-0.39, 0.29) is 18.0 Å². The third kappa shape index (κ3) is 1.99. The summed E-state index contributed by atoms with van der Waals surface area (Å²) >= 11 is 0. The topological polar surface area (TPSA) is 88.0 Å². The van der Waals surface area contributed by atoms with Crippen molar-refractivity contribution in [3.05, 3.63) is 24.3 Å². The summed E-state index contributed by atoms with van der Waals surface area (Å²) in [5.41, 5.74) is 6.08. The Balaban J connectivity index is 2.37. The lowest BCUT2D eigenvalue weighted by atomic mass is 10.4. The maximum atomic E-state index is 11.5. The van der Waals surface area contributed by atoms with Crippen molar-refractivity contribution in [2.45, 2.75) is 6.92 Å². The molecule has 0 atom stereocenters. The summed E-state index contributed by atoms with van der Waals surface area (Å²) in [5.74, 6) is 0.0465. The van der Waals surface area contributed by atoms with E-state index in [0.29, 0.717) is 5.95 Å². The highest BCUT2D eigenvalue weighted by Crippen LogP contribution is 2.13. The quantitative estimate of drug-likeness (QED) is 0.776. The number of carbonyl (C=O) groups excluding carboxylic acids is 1. The van der Waals surface area contributed by atoms with Crippen molar-refractivity contribution < 1.29 is 9.53 Å². The van der Waals surface area contributed by atoms with Gasteiger partial charge in [-0.1, -0.05) is 0 Å². The summed E-state index contributed by atoms with van der Waals surface area (Å²) < 4.78 is 8.06. The van der Waals surface area contributed by atoms with Gasteiger partial charge < -0.3 is 15.0 Å². The molecule has 0 saturated heterocycles. The van der Waals surface area contributed by atoms with Crippen molar-refractivity contribution in [2.24, 2.45) is 7.05 Å². The molecule has 2 aromatic heterocycles. The number of aryl methyl sites for hydroxylation is 1. The Bertz CT molecular complexity index is 543. The molecule has 0 fully saturated rings. The zero-order valence-electron chi connectivity index (χ0n) is 9.62. The lowest BCUT2D eigenvalue weighted by molar-refractivity contribution is 0.0520. The molecule has 0 spiro atoms. The molecule has 2 heterocycles. The van der Waals surface area contributed by atoms with E-state index in [1.807, 2.05) is 7.05 Å². The minimum absolute atomic E-state index is 0.106. The van der Waals surface area contributed by atoms with E-state index < -0.39 is 5.97 Å². The third-order valence-electron chi connectivity index (χ3n) is 2.21. The van der Waals surface area contributed by atoms with Crippen LogP contribution in [0.2, 0.25) is 0 Å². The number of hydrogen-bond acceptors (Lipinski definition) is 5. The first-order chi connectivity index (χ1) is 8.13. The summed E-state index contributed by atoms with van der Waals surface area (Å²) in [4.78, 5) is 15.6. The Morgan fingerprint density at radius 1 is 1.59 bits per heavy atom. The minimum atomic E-state index is -0.530. The first-order valence-electron chi connectivity index (χ1n) is 5.13. The fourth-order valence-electron chi connectivity index (χ4n) is 1.43. The van der Waals surface area contributed by atoms with Gasteiger partial charge in [0.15, 0.2) is 5.69 Å². The predicted octanol–water partition coefficient (Wildman–Crippen LogP) is 0.365. The van der Waals surface area contributed by atoms with Crippen molar-refractivity contribution in [3.63, 3.8) is 0 Å². The number of rotatable bonds is 3. The number of carbonyl (C=O) groups is 1. The van der Waals surface area contributed by atoms with Gasteiger partial charge in [0.2, 0.25) is 5.95 Å². The smallest absolute Gasteiger partial charge is 0.361 e. The van der Waals surface area contributed by atoms with Gasteiger partial charge in [-0.25, -0.2) is 14.5 Å². The zero-order chi connectivity index (χ0) is 12.4. The number of nitrogen functional groups attached to an aromatic ring is 1. The van der Waals surface area contributed by atoms with Crippen LogP contribution < -0.4 is 5.73 Å². The molecule has 0 aliphatic rings. The molecule has 2 rings (SSSR count). The van der Waals surface area contributed by atoms with Crippen molar-refractivity contribution >= 4 is 11.7 Å². The fraction of sp³-hybridized carbons (Fsp3) is 0.300. The predicted molar refractivity (Wildman–Crippen MR) is 60.7 cm³/mol.